The van der Waals surface area contributed by atoms with Gasteiger partial charge in [0.1, 0.15) is 6.10 Å². The predicted octanol–water partition coefficient (Wildman–Crippen LogP) is 9.43. The van der Waals surface area contributed by atoms with E-state index in [0.29, 0.717) is 25.9 Å². The Labute approximate surface area is 272 Å². The zero-order chi connectivity index (χ0) is 32.5. The Bertz CT molecular complexity index is 672. The van der Waals surface area contributed by atoms with Gasteiger partial charge in [0, 0.05) is 19.3 Å². The van der Waals surface area contributed by atoms with Crippen molar-refractivity contribution < 1.29 is 23.9 Å². The second-order valence-electron chi connectivity index (χ2n) is 12.8. The summed E-state index contributed by atoms with van der Waals surface area (Å²) in [5, 5.41) is 0. The minimum absolute atomic E-state index is 0.0173. The van der Waals surface area contributed by atoms with Crippen molar-refractivity contribution in [3.63, 3.8) is 0 Å². The molecule has 0 spiro atoms. The number of unbranched alkanes of at least 4 members (excludes halogenated alkanes) is 15. The molecule has 0 aromatic heterocycles. The van der Waals surface area contributed by atoms with Crippen molar-refractivity contribution in [3.05, 3.63) is 0 Å². The lowest BCUT2D eigenvalue weighted by atomic mass is 10.1. The molecular formula is C37H72N2O5. The van der Waals surface area contributed by atoms with E-state index in [9.17, 15) is 14.4 Å². The van der Waals surface area contributed by atoms with Gasteiger partial charge < -0.3 is 20.1 Å². The maximum Gasteiger partial charge on any atom is 0.306 e. The summed E-state index contributed by atoms with van der Waals surface area (Å²) in [6, 6.07) is 0. The highest BCUT2D eigenvalue weighted by molar-refractivity contribution is 5.73. The van der Waals surface area contributed by atoms with Crippen LogP contribution in [0.4, 0.5) is 0 Å². The van der Waals surface area contributed by atoms with E-state index < -0.39 is 0 Å². The van der Waals surface area contributed by atoms with Gasteiger partial charge >= 0.3 is 11.9 Å². The number of amides is 1. The fraction of sp³-hybridized carbons (Fsp3) is 0.919. The quantitative estimate of drug-likeness (QED) is 0.0565. The van der Waals surface area contributed by atoms with Gasteiger partial charge in [0.05, 0.1) is 6.61 Å². The van der Waals surface area contributed by atoms with Gasteiger partial charge in [-0.15, -0.1) is 0 Å². The topological polar surface area (TPSA) is 98.9 Å². The third-order valence-electron chi connectivity index (χ3n) is 8.43. The monoisotopic (exact) mass is 625 g/mol. The lowest BCUT2D eigenvalue weighted by molar-refractivity contribution is -0.150. The fourth-order valence-corrected chi connectivity index (χ4v) is 5.61. The molecule has 0 saturated carbocycles. The minimum Gasteiger partial charge on any atom is -0.466 e. The van der Waals surface area contributed by atoms with E-state index in [2.05, 4.69) is 25.7 Å². The number of carbonyl (C=O) groups is 3. The summed E-state index contributed by atoms with van der Waals surface area (Å²) in [6.45, 7) is 10.2. The summed E-state index contributed by atoms with van der Waals surface area (Å²) in [5.74, 6) is -0.289. The second kappa shape index (κ2) is 32.8. The van der Waals surface area contributed by atoms with Crippen LogP contribution in [-0.4, -0.2) is 55.1 Å². The van der Waals surface area contributed by atoms with Crippen LogP contribution in [0.25, 0.3) is 0 Å². The van der Waals surface area contributed by atoms with E-state index in [1.165, 1.54) is 32.1 Å². The Hall–Kier alpha value is -1.63. The van der Waals surface area contributed by atoms with E-state index in [1.807, 2.05) is 0 Å². The molecule has 0 aliphatic rings. The van der Waals surface area contributed by atoms with Gasteiger partial charge in [-0.2, -0.15) is 0 Å². The lowest BCUT2D eigenvalue weighted by Gasteiger charge is -2.22. The smallest absolute Gasteiger partial charge is 0.306 e. The normalized spacial score (nSPS) is 12.0. The van der Waals surface area contributed by atoms with Crippen LogP contribution < -0.4 is 5.73 Å². The summed E-state index contributed by atoms with van der Waals surface area (Å²) in [6.07, 6.45) is 26.9. The van der Waals surface area contributed by atoms with Gasteiger partial charge in [0.25, 0.3) is 0 Å². The molecule has 1 amide bonds. The average Bonchev–Trinajstić information content (AvgIpc) is 3.00. The van der Waals surface area contributed by atoms with Crippen molar-refractivity contribution in [1.29, 1.82) is 0 Å². The first-order chi connectivity index (χ1) is 21.4. The van der Waals surface area contributed by atoms with Crippen molar-refractivity contribution in [1.82, 2.24) is 4.90 Å². The zero-order valence-corrected chi connectivity index (χ0v) is 29.4. The van der Waals surface area contributed by atoms with Crippen LogP contribution in [0.3, 0.4) is 0 Å². The molecule has 0 aromatic rings. The van der Waals surface area contributed by atoms with E-state index in [0.717, 1.165) is 135 Å². The van der Waals surface area contributed by atoms with Crippen molar-refractivity contribution in [2.75, 3.05) is 26.2 Å². The van der Waals surface area contributed by atoms with E-state index in [4.69, 9.17) is 15.2 Å². The Kier molecular flexibility index (Phi) is 31.5. The fourth-order valence-electron chi connectivity index (χ4n) is 5.61. The van der Waals surface area contributed by atoms with Crippen LogP contribution in [0.15, 0.2) is 0 Å². The highest BCUT2D eigenvalue weighted by Gasteiger charge is 2.14. The molecule has 1 unspecified atom stereocenters. The van der Waals surface area contributed by atoms with Crippen LogP contribution in [0.2, 0.25) is 0 Å². The first kappa shape index (κ1) is 42.4. The van der Waals surface area contributed by atoms with Gasteiger partial charge in [-0.3, -0.25) is 14.4 Å². The van der Waals surface area contributed by atoms with E-state index >= 15 is 0 Å². The lowest BCUT2D eigenvalue weighted by Crippen LogP contribution is -2.28. The van der Waals surface area contributed by atoms with Crippen LogP contribution >= 0.6 is 0 Å². The van der Waals surface area contributed by atoms with Gasteiger partial charge in [-0.25, -0.2) is 0 Å². The summed E-state index contributed by atoms with van der Waals surface area (Å²) in [7, 11) is 0. The Morgan fingerprint density at radius 3 is 1.61 bits per heavy atom. The van der Waals surface area contributed by atoms with Crippen LogP contribution in [-0.2, 0) is 23.9 Å². The number of ether oxygens (including phenoxy) is 2. The molecule has 0 radical (unpaired) electrons. The highest BCUT2D eigenvalue weighted by atomic mass is 16.5. The predicted molar refractivity (Wildman–Crippen MR) is 184 cm³/mol. The number of nitrogens with zero attached hydrogens (tertiary/aromatic N) is 1. The number of rotatable bonds is 34. The molecule has 0 rings (SSSR count). The van der Waals surface area contributed by atoms with Crippen LogP contribution in [0.1, 0.15) is 188 Å². The molecule has 0 heterocycles. The van der Waals surface area contributed by atoms with Crippen molar-refractivity contribution in [2.24, 2.45) is 5.73 Å². The second-order valence-corrected chi connectivity index (χ2v) is 12.8. The highest BCUT2D eigenvalue weighted by Crippen LogP contribution is 2.16. The van der Waals surface area contributed by atoms with Gasteiger partial charge in [-0.1, -0.05) is 111 Å². The number of carbonyl (C=O) groups excluding carboxylic acids is 3. The molecule has 1 atom stereocenters. The third kappa shape index (κ3) is 30.4. The minimum atomic E-state index is -0.226. The van der Waals surface area contributed by atoms with E-state index in [-0.39, 0.29) is 23.9 Å². The number of nitrogens with two attached hydrogens (primary N) is 1. The summed E-state index contributed by atoms with van der Waals surface area (Å²) >= 11 is 0. The number of hydrogen-bond acceptors (Lipinski definition) is 6. The molecule has 0 aromatic carbocycles. The first-order valence-corrected chi connectivity index (χ1v) is 18.8. The molecule has 7 nitrogen and oxygen atoms in total. The Balaban J connectivity index is 4.03. The van der Waals surface area contributed by atoms with Crippen molar-refractivity contribution >= 4 is 17.8 Å². The molecule has 0 bridgehead atoms. The molecule has 260 valence electrons. The maximum absolute atomic E-state index is 12.4. The molecule has 7 heteroatoms. The number of esters is 2. The molecule has 0 aliphatic carbocycles. The molecule has 0 saturated heterocycles. The Morgan fingerprint density at radius 1 is 0.523 bits per heavy atom. The summed E-state index contributed by atoms with van der Waals surface area (Å²) in [4.78, 5) is 38.0. The largest absolute Gasteiger partial charge is 0.466 e. The zero-order valence-electron chi connectivity index (χ0n) is 29.4. The third-order valence-corrected chi connectivity index (χ3v) is 8.43. The van der Waals surface area contributed by atoms with E-state index in [1.54, 1.807) is 0 Å². The van der Waals surface area contributed by atoms with Crippen LogP contribution in [0, 0.1) is 0 Å². The van der Waals surface area contributed by atoms with Crippen LogP contribution in [0.5, 0.6) is 0 Å². The van der Waals surface area contributed by atoms with Gasteiger partial charge in [0.2, 0.25) is 5.91 Å². The van der Waals surface area contributed by atoms with Crippen molar-refractivity contribution in [3.8, 4) is 0 Å². The summed E-state index contributed by atoms with van der Waals surface area (Å²) < 4.78 is 11.2. The average molecular weight is 625 g/mol. The van der Waals surface area contributed by atoms with Crippen molar-refractivity contribution in [2.45, 2.75) is 194 Å². The SMILES string of the molecule is CCCCCCCOC(=O)CCCCCCCN(CCCCCCCC(=O)OC(CCCC)CCCCC)CCCC(N)=O. The molecule has 2 N–H and O–H groups in total. The standard InChI is InChI=1S/C37H72N2O5/c1-4-7-10-17-23-33-43-36(41)28-19-13-11-15-21-30-39(32-24-27-35(38)40)31-22-16-12-14-20-29-37(42)44-34(25-9-6-3)26-18-8-5-2/h34H,4-33H2,1-3H3,(H2,38,40). The molecule has 44 heavy (non-hydrogen) atoms. The molecule has 0 aliphatic heterocycles. The molecular weight excluding hydrogens is 552 g/mol. The number of primary amides is 1. The van der Waals surface area contributed by atoms with Gasteiger partial charge in [0.15, 0.2) is 0 Å². The summed E-state index contributed by atoms with van der Waals surface area (Å²) in [5.41, 5.74) is 5.36. The first-order valence-electron chi connectivity index (χ1n) is 18.8. The number of hydrogen-bond donors (Lipinski definition) is 1. The maximum atomic E-state index is 12.4. The molecule has 0 fully saturated rings. The van der Waals surface area contributed by atoms with Gasteiger partial charge in [-0.05, 0) is 77.4 Å². The Morgan fingerprint density at radius 2 is 1.00 bits per heavy atom.